The van der Waals surface area contributed by atoms with Crippen LogP contribution in [0.15, 0.2) is 46.8 Å². The van der Waals surface area contributed by atoms with E-state index < -0.39 is 0 Å². The van der Waals surface area contributed by atoms with Gasteiger partial charge in [-0.05, 0) is 42.8 Å². The topological polar surface area (TPSA) is 56.7 Å². The van der Waals surface area contributed by atoms with Gasteiger partial charge in [0.15, 0.2) is 5.96 Å². The van der Waals surface area contributed by atoms with Gasteiger partial charge in [0.2, 0.25) is 5.91 Å². The monoisotopic (exact) mass is 384 g/mol. The van der Waals surface area contributed by atoms with Crippen LogP contribution in [0, 0.1) is 0 Å². The Balaban J connectivity index is 1.63. The molecule has 2 aromatic rings. The second-order valence-corrected chi connectivity index (χ2v) is 7.79. The standard InChI is InChI=1S/C21H28N4OS/c1-3-22-21(24-16(2)19-9-6-12-27-19)23-14-17-7-4-8-18(13-17)15-25-11-5-10-20(25)26/h4,6-9,12-13,16H,3,5,10-11,14-15H2,1-2H3,(H2,22,23,24). The molecule has 1 unspecified atom stereocenters. The van der Waals surface area contributed by atoms with E-state index in [0.717, 1.165) is 31.0 Å². The molecule has 1 aliphatic heterocycles. The van der Waals surface area contributed by atoms with Crippen LogP contribution in [0.5, 0.6) is 0 Å². The van der Waals surface area contributed by atoms with Gasteiger partial charge in [-0.25, -0.2) is 4.99 Å². The smallest absolute Gasteiger partial charge is 0.222 e. The van der Waals surface area contributed by atoms with Gasteiger partial charge < -0.3 is 15.5 Å². The Kier molecular flexibility index (Phi) is 6.87. The molecule has 2 heterocycles. The fraction of sp³-hybridized carbons (Fsp3) is 0.429. The summed E-state index contributed by atoms with van der Waals surface area (Å²) in [4.78, 5) is 19.8. The van der Waals surface area contributed by atoms with Crippen molar-refractivity contribution in [2.75, 3.05) is 13.1 Å². The molecular formula is C21H28N4OS. The van der Waals surface area contributed by atoms with Gasteiger partial charge >= 0.3 is 0 Å². The lowest BCUT2D eigenvalue weighted by atomic mass is 10.1. The van der Waals surface area contributed by atoms with Crippen LogP contribution in [0.3, 0.4) is 0 Å². The maximum absolute atomic E-state index is 11.8. The molecule has 1 atom stereocenters. The predicted molar refractivity (Wildman–Crippen MR) is 112 cm³/mol. The van der Waals surface area contributed by atoms with Crippen molar-refractivity contribution in [3.05, 3.63) is 57.8 Å². The Morgan fingerprint density at radius 1 is 1.30 bits per heavy atom. The van der Waals surface area contributed by atoms with Crippen molar-refractivity contribution < 1.29 is 4.79 Å². The van der Waals surface area contributed by atoms with Gasteiger partial charge in [-0.15, -0.1) is 11.3 Å². The van der Waals surface area contributed by atoms with Gasteiger partial charge in [-0.1, -0.05) is 30.3 Å². The Morgan fingerprint density at radius 2 is 2.15 bits per heavy atom. The molecule has 1 fully saturated rings. The summed E-state index contributed by atoms with van der Waals surface area (Å²) in [5.41, 5.74) is 2.32. The summed E-state index contributed by atoms with van der Waals surface area (Å²) in [6.07, 6.45) is 1.66. The third-order valence-electron chi connectivity index (χ3n) is 4.62. The Labute approximate surface area is 165 Å². The normalized spacial score (nSPS) is 15.9. The van der Waals surface area contributed by atoms with Gasteiger partial charge in [0.05, 0.1) is 12.6 Å². The minimum absolute atomic E-state index is 0.218. The molecule has 0 bridgehead atoms. The van der Waals surface area contributed by atoms with Gasteiger partial charge in [0.25, 0.3) is 0 Å². The van der Waals surface area contributed by atoms with Crippen molar-refractivity contribution in [3.8, 4) is 0 Å². The largest absolute Gasteiger partial charge is 0.357 e. The Bertz CT molecular complexity index is 772. The molecule has 1 aromatic heterocycles. The maximum atomic E-state index is 11.8. The zero-order valence-corrected chi connectivity index (χ0v) is 16.9. The first-order valence-corrected chi connectivity index (χ1v) is 10.5. The number of nitrogens with zero attached hydrogens (tertiary/aromatic N) is 2. The van der Waals surface area contributed by atoms with E-state index in [1.54, 1.807) is 11.3 Å². The third-order valence-corrected chi connectivity index (χ3v) is 5.68. The van der Waals surface area contributed by atoms with E-state index in [1.807, 2.05) is 4.90 Å². The molecule has 0 saturated carbocycles. The Morgan fingerprint density at radius 3 is 2.85 bits per heavy atom. The van der Waals surface area contributed by atoms with Gasteiger partial charge in [-0.3, -0.25) is 4.79 Å². The van der Waals surface area contributed by atoms with Crippen LogP contribution < -0.4 is 10.6 Å². The lowest BCUT2D eigenvalue weighted by Gasteiger charge is -2.17. The predicted octanol–water partition coefficient (Wildman–Crippen LogP) is 3.69. The zero-order valence-electron chi connectivity index (χ0n) is 16.1. The van der Waals surface area contributed by atoms with E-state index in [4.69, 9.17) is 4.99 Å². The summed E-state index contributed by atoms with van der Waals surface area (Å²) in [5.74, 6) is 1.08. The van der Waals surface area contributed by atoms with Crippen LogP contribution in [-0.4, -0.2) is 29.9 Å². The fourth-order valence-corrected chi connectivity index (χ4v) is 3.96. The van der Waals surface area contributed by atoms with Crippen molar-refractivity contribution >= 4 is 23.2 Å². The number of benzene rings is 1. The molecule has 2 N–H and O–H groups in total. The van der Waals surface area contributed by atoms with E-state index in [9.17, 15) is 4.79 Å². The van der Waals surface area contributed by atoms with Gasteiger partial charge in [-0.2, -0.15) is 0 Å². The summed E-state index contributed by atoms with van der Waals surface area (Å²) in [6, 6.07) is 12.8. The second kappa shape index (κ2) is 9.55. The highest BCUT2D eigenvalue weighted by molar-refractivity contribution is 7.10. The highest BCUT2D eigenvalue weighted by atomic mass is 32.1. The molecule has 5 nitrogen and oxygen atoms in total. The average molecular weight is 385 g/mol. The van der Waals surface area contributed by atoms with Crippen LogP contribution in [0.4, 0.5) is 0 Å². The van der Waals surface area contributed by atoms with Crippen LogP contribution in [-0.2, 0) is 17.9 Å². The Hall–Kier alpha value is -2.34. The second-order valence-electron chi connectivity index (χ2n) is 6.82. The molecule has 1 saturated heterocycles. The fourth-order valence-electron chi connectivity index (χ4n) is 3.22. The van der Waals surface area contributed by atoms with Crippen molar-refractivity contribution in [3.63, 3.8) is 0 Å². The lowest BCUT2D eigenvalue weighted by Crippen LogP contribution is -2.38. The maximum Gasteiger partial charge on any atom is 0.222 e. The van der Waals surface area contributed by atoms with Gasteiger partial charge in [0.1, 0.15) is 0 Å². The third kappa shape index (κ3) is 5.57. The van der Waals surface area contributed by atoms with Crippen LogP contribution in [0.2, 0.25) is 0 Å². The number of thiophene rings is 1. The van der Waals surface area contributed by atoms with E-state index in [1.165, 1.54) is 10.4 Å². The van der Waals surface area contributed by atoms with Crippen LogP contribution >= 0.6 is 11.3 Å². The number of likely N-dealkylation sites (tertiary alicyclic amines) is 1. The molecule has 0 radical (unpaired) electrons. The molecule has 27 heavy (non-hydrogen) atoms. The molecule has 0 spiro atoms. The number of carbonyl (C=O) groups is 1. The van der Waals surface area contributed by atoms with Crippen molar-refractivity contribution in [2.45, 2.75) is 45.8 Å². The average Bonchev–Trinajstić information content (AvgIpc) is 3.33. The van der Waals surface area contributed by atoms with E-state index in [2.05, 4.69) is 66.3 Å². The summed E-state index contributed by atoms with van der Waals surface area (Å²) in [5, 5.41) is 8.87. The quantitative estimate of drug-likeness (QED) is 0.565. The molecule has 1 aromatic carbocycles. The number of guanidine groups is 1. The highest BCUT2D eigenvalue weighted by Gasteiger charge is 2.19. The minimum Gasteiger partial charge on any atom is -0.357 e. The number of amides is 1. The first kappa shape index (κ1) is 19.4. The summed E-state index contributed by atoms with van der Waals surface area (Å²) in [6.45, 7) is 7.21. The molecule has 0 aliphatic carbocycles. The minimum atomic E-state index is 0.218. The number of aliphatic imine (C=N–C) groups is 1. The number of hydrogen-bond donors (Lipinski definition) is 2. The van der Waals surface area contributed by atoms with Gasteiger partial charge in [0, 0.05) is 30.9 Å². The van der Waals surface area contributed by atoms with Crippen molar-refractivity contribution in [1.29, 1.82) is 0 Å². The van der Waals surface area contributed by atoms with E-state index in [-0.39, 0.29) is 11.9 Å². The van der Waals surface area contributed by atoms with Crippen LogP contribution in [0.1, 0.15) is 48.7 Å². The SMILES string of the molecule is CCNC(=NCc1cccc(CN2CCCC2=O)c1)NC(C)c1cccs1. The molecule has 6 heteroatoms. The number of rotatable bonds is 7. The molecule has 3 rings (SSSR count). The number of carbonyl (C=O) groups excluding carboxylic acids is 1. The van der Waals surface area contributed by atoms with E-state index >= 15 is 0 Å². The van der Waals surface area contributed by atoms with Crippen molar-refractivity contribution in [1.82, 2.24) is 15.5 Å². The number of nitrogens with one attached hydrogen (secondary N) is 2. The molecular weight excluding hydrogens is 356 g/mol. The lowest BCUT2D eigenvalue weighted by molar-refractivity contribution is -0.128. The molecule has 144 valence electrons. The van der Waals surface area contributed by atoms with E-state index in [0.29, 0.717) is 19.5 Å². The number of hydrogen-bond acceptors (Lipinski definition) is 3. The molecule has 1 aliphatic rings. The summed E-state index contributed by atoms with van der Waals surface area (Å²) < 4.78 is 0. The highest BCUT2D eigenvalue weighted by Crippen LogP contribution is 2.18. The summed E-state index contributed by atoms with van der Waals surface area (Å²) in [7, 11) is 0. The van der Waals surface area contributed by atoms with Crippen LogP contribution in [0.25, 0.3) is 0 Å². The summed E-state index contributed by atoms with van der Waals surface area (Å²) >= 11 is 1.75. The first-order chi connectivity index (χ1) is 13.2. The van der Waals surface area contributed by atoms with Crippen molar-refractivity contribution in [2.24, 2.45) is 4.99 Å². The first-order valence-electron chi connectivity index (χ1n) is 9.59. The zero-order chi connectivity index (χ0) is 19.1. The molecule has 1 amide bonds.